The molecule has 34 heavy (non-hydrogen) atoms. The fraction of sp³-hybridized carbons (Fsp3) is 0.370. The molecule has 172 valence electrons. The highest BCUT2D eigenvalue weighted by atomic mass is 32.1. The van der Waals surface area contributed by atoms with Crippen LogP contribution in [0.5, 0.6) is 0 Å². The van der Waals surface area contributed by atoms with Crippen LogP contribution in [0, 0.1) is 17.8 Å². The number of hydrogen-bond donors (Lipinski definition) is 2. The summed E-state index contributed by atoms with van der Waals surface area (Å²) in [5.74, 6) is 2.40. The van der Waals surface area contributed by atoms with E-state index in [1.54, 1.807) is 22.7 Å². The number of carbonyl (C=O) groups is 1. The molecule has 0 aliphatic heterocycles. The van der Waals surface area contributed by atoms with Gasteiger partial charge in [-0.2, -0.15) is 0 Å². The standard InChI is InChI=1S/C27H26N4OS2/c32-26(31-27-13-16-9-17(14-27)11-18(10-16)15-27)28-19-5-6-20-21(12-19)30-25(23-4-2-8-34-23)24(29-20)22-3-1-7-33-22/h1-8,12,16-18H,9-11,13-15H2,(H2,28,31,32). The number of urea groups is 1. The Morgan fingerprint density at radius 3 is 1.97 bits per heavy atom. The van der Waals surface area contributed by atoms with Crippen LogP contribution in [-0.4, -0.2) is 21.5 Å². The SMILES string of the molecule is O=C(Nc1ccc2nc(-c3cccs3)c(-c3cccs3)nc2c1)NC12CC3CC(CC(C3)C1)C2. The summed E-state index contributed by atoms with van der Waals surface area (Å²) in [7, 11) is 0. The second-order valence-corrected chi connectivity index (χ2v) is 12.3. The van der Waals surface area contributed by atoms with Gasteiger partial charge in [-0.3, -0.25) is 0 Å². The molecule has 4 aliphatic rings. The minimum Gasteiger partial charge on any atom is -0.332 e. The summed E-state index contributed by atoms with van der Waals surface area (Å²) in [6.45, 7) is 0. The van der Waals surface area contributed by atoms with E-state index in [0.717, 1.165) is 74.9 Å². The van der Waals surface area contributed by atoms with Crippen molar-refractivity contribution in [2.75, 3.05) is 5.32 Å². The minimum atomic E-state index is -0.0945. The summed E-state index contributed by atoms with van der Waals surface area (Å²) < 4.78 is 0. The van der Waals surface area contributed by atoms with Gasteiger partial charge in [-0.1, -0.05) is 12.1 Å². The number of anilines is 1. The van der Waals surface area contributed by atoms with E-state index >= 15 is 0 Å². The second kappa shape index (κ2) is 7.89. The van der Waals surface area contributed by atoms with Crippen molar-refractivity contribution >= 4 is 45.4 Å². The molecule has 3 heterocycles. The van der Waals surface area contributed by atoms with Crippen LogP contribution >= 0.6 is 22.7 Å². The van der Waals surface area contributed by atoms with Crippen molar-refractivity contribution in [3.63, 3.8) is 0 Å². The predicted molar refractivity (Wildman–Crippen MR) is 139 cm³/mol. The maximum Gasteiger partial charge on any atom is 0.319 e. The summed E-state index contributed by atoms with van der Waals surface area (Å²) >= 11 is 3.33. The van der Waals surface area contributed by atoms with Gasteiger partial charge >= 0.3 is 6.03 Å². The molecule has 4 aromatic rings. The monoisotopic (exact) mass is 486 g/mol. The van der Waals surface area contributed by atoms with E-state index in [1.807, 2.05) is 30.3 Å². The first-order chi connectivity index (χ1) is 16.6. The van der Waals surface area contributed by atoms with E-state index in [9.17, 15) is 4.79 Å². The molecular weight excluding hydrogens is 460 g/mol. The normalized spacial score (nSPS) is 27.2. The third-order valence-corrected chi connectivity index (χ3v) is 9.60. The summed E-state index contributed by atoms with van der Waals surface area (Å²) in [6.07, 6.45) is 7.53. The Bertz CT molecular complexity index is 1330. The Kier molecular flexibility index (Phi) is 4.78. The van der Waals surface area contributed by atoms with Crippen LogP contribution in [0.3, 0.4) is 0 Å². The zero-order valence-corrected chi connectivity index (χ0v) is 20.4. The third kappa shape index (κ3) is 3.62. The predicted octanol–water partition coefficient (Wildman–Crippen LogP) is 7.18. The highest BCUT2D eigenvalue weighted by molar-refractivity contribution is 7.14. The second-order valence-electron chi connectivity index (χ2n) is 10.4. The average molecular weight is 487 g/mol. The molecule has 0 unspecified atom stereocenters. The van der Waals surface area contributed by atoms with Crippen LogP contribution in [0.15, 0.2) is 53.2 Å². The Morgan fingerprint density at radius 2 is 1.41 bits per heavy atom. The Morgan fingerprint density at radius 1 is 0.824 bits per heavy atom. The molecule has 5 nitrogen and oxygen atoms in total. The molecule has 0 saturated heterocycles. The van der Waals surface area contributed by atoms with Crippen LogP contribution in [0.25, 0.3) is 32.2 Å². The van der Waals surface area contributed by atoms with Gasteiger partial charge in [0.2, 0.25) is 0 Å². The third-order valence-electron chi connectivity index (χ3n) is 7.85. The lowest BCUT2D eigenvalue weighted by atomic mass is 9.53. The van der Waals surface area contributed by atoms with E-state index in [-0.39, 0.29) is 11.6 Å². The lowest BCUT2D eigenvalue weighted by Gasteiger charge is -2.56. The molecule has 2 amide bonds. The summed E-state index contributed by atoms with van der Waals surface area (Å²) in [4.78, 5) is 25.2. The van der Waals surface area contributed by atoms with Gasteiger partial charge < -0.3 is 10.6 Å². The first-order valence-corrected chi connectivity index (χ1v) is 13.9. The van der Waals surface area contributed by atoms with Crippen molar-refractivity contribution in [3.8, 4) is 21.1 Å². The van der Waals surface area contributed by atoms with Crippen LogP contribution in [0.4, 0.5) is 10.5 Å². The number of nitrogens with one attached hydrogen (secondary N) is 2. The number of fused-ring (bicyclic) bond motifs is 1. The van der Waals surface area contributed by atoms with E-state index < -0.39 is 0 Å². The van der Waals surface area contributed by atoms with Gasteiger partial charge in [0.1, 0.15) is 11.4 Å². The number of nitrogens with zero attached hydrogens (tertiary/aromatic N) is 2. The molecule has 0 atom stereocenters. The number of aromatic nitrogens is 2. The smallest absolute Gasteiger partial charge is 0.319 e. The number of carbonyl (C=O) groups excluding carboxylic acids is 1. The number of thiophene rings is 2. The summed E-state index contributed by atoms with van der Waals surface area (Å²) in [5.41, 5.74) is 4.17. The fourth-order valence-electron chi connectivity index (χ4n) is 6.97. The Hall–Kier alpha value is -2.77. The highest BCUT2D eigenvalue weighted by Gasteiger charge is 2.51. The quantitative estimate of drug-likeness (QED) is 0.321. The Labute approximate surface area is 206 Å². The van der Waals surface area contributed by atoms with Gasteiger partial charge in [-0.25, -0.2) is 14.8 Å². The van der Waals surface area contributed by atoms with Gasteiger partial charge in [-0.15, -0.1) is 22.7 Å². The maximum absolute atomic E-state index is 13.0. The van der Waals surface area contributed by atoms with Gasteiger partial charge in [0.05, 0.1) is 20.8 Å². The number of amides is 2. The molecule has 4 bridgehead atoms. The number of rotatable bonds is 4. The van der Waals surface area contributed by atoms with Crippen LogP contribution in [-0.2, 0) is 0 Å². The number of hydrogen-bond acceptors (Lipinski definition) is 5. The van der Waals surface area contributed by atoms with Crippen molar-refractivity contribution < 1.29 is 4.79 Å². The molecular formula is C27H26N4OS2. The zero-order chi connectivity index (χ0) is 22.7. The first-order valence-electron chi connectivity index (χ1n) is 12.1. The molecule has 8 rings (SSSR count). The van der Waals surface area contributed by atoms with Gasteiger partial charge in [0, 0.05) is 11.2 Å². The molecule has 7 heteroatoms. The molecule has 0 spiro atoms. The summed E-state index contributed by atoms with van der Waals surface area (Å²) in [5, 5.41) is 10.6. The highest BCUT2D eigenvalue weighted by Crippen LogP contribution is 2.55. The Balaban J connectivity index is 1.17. The molecule has 0 radical (unpaired) electrons. The fourth-order valence-corrected chi connectivity index (χ4v) is 8.40. The van der Waals surface area contributed by atoms with E-state index in [1.165, 1.54) is 19.3 Å². The molecule has 3 aromatic heterocycles. The lowest BCUT2D eigenvalue weighted by Crippen LogP contribution is -2.60. The van der Waals surface area contributed by atoms with Crippen molar-refractivity contribution in [3.05, 3.63) is 53.2 Å². The van der Waals surface area contributed by atoms with Crippen molar-refractivity contribution in [1.82, 2.24) is 15.3 Å². The van der Waals surface area contributed by atoms with Crippen LogP contribution in [0.2, 0.25) is 0 Å². The molecule has 1 aromatic carbocycles. The number of benzene rings is 1. The van der Waals surface area contributed by atoms with Crippen LogP contribution in [0.1, 0.15) is 38.5 Å². The topological polar surface area (TPSA) is 66.9 Å². The zero-order valence-electron chi connectivity index (χ0n) is 18.8. The maximum atomic E-state index is 13.0. The van der Waals surface area contributed by atoms with E-state index in [0.29, 0.717) is 0 Å². The molecule has 4 saturated carbocycles. The molecule has 4 aliphatic carbocycles. The van der Waals surface area contributed by atoms with Crippen LogP contribution < -0.4 is 10.6 Å². The average Bonchev–Trinajstić information content (AvgIpc) is 3.51. The lowest BCUT2D eigenvalue weighted by molar-refractivity contribution is -0.0127. The van der Waals surface area contributed by atoms with Gasteiger partial charge in [0.15, 0.2) is 0 Å². The summed E-state index contributed by atoms with van der Waals surface area (Å²) in [6, 6.07) is 14.0. The molecule has 2 N–H and O–H groups in total. The van der Waals surface area contributed by atoms with Gasteiger partial charge in [-0.05, 0) is 97.4 Å². The van der Waals surface area contributed by atoms with Crippen molar-refractivity contribution in [2.24, 2.45) is 17.8 Å². The van der Waals surface area contributed by atoms with E-state index in [2.05, 4.69) is 33.5 Å². The van der Waals surface area contributed by atoms with Gasteiger partial charge in [0.25, 0.3) is 0 Å². The van der Waals surface area contributed by atoms with Crippen molar-refractivity contribution in [2.45, 2.75) is 44.1 Å². The van der Waals surface area contributed by atoms with E-state index in [4.69, 9.17) is 9.97 Å². The molecule has 4 fully saturated rings. The largest absolute Gasteiger partial charge is 0.332 e. The first kappa shape index (κ1) is 20.6. The van der Waals surface area contributed by atoms with Crippen molar-refractivity contribution in [1.29, 1.82) is 0 Å². The minimum absolute atomic E-state index is 0.00254.